The molecule has 1 atom stereocenters. The number of rotatable bonds is 3. The van der Waals surface area contributed by atoms with Gasteiger partial charge in [-0.05, 0) is 35.3 Å². The van der Waals surface area contributed by atoms with E-state index >= 15 is 0 Å². The minimum Gasteiger partial charge on any atom is -0.481 e. The van der Waals surface area contributed by atoms with Gasteiger partial charge in [0.15, 0.2) is 0 Å². The highest BCUT2D eigenvalue weighted by Gasteiger charge is 2.34. The van der Waals surface area contributed by atoms with Gasteiger partial charge in [-0.1, -0.05) is 29.8 Å². The summed E-state index contributed by atoms with van der Waals surface area (Å²) in [5.41, 5.74) is 2.95. The Bertz CT molecular complexity index is 731. The number of halogens is 1. The molecule has 1 N–H and O–H groups in total. The number of aryl methyl sites for hydroxylation is 1. The molecule has 1 aromatic carbocycles. The number of fused-ring (bicyclic) bond motifs is 1. The molecule has 0 saturated heterocycles. The summed E-state index contributed by atoms with van der Waals surface area (Å²) in [6, 6.07) is 9.13. The second kappa shape index (κ2) is 5.15. The summed E-state index contributed by atoms with van der Waals surface area (Å²) in [6.07, 6.45) is 0.526. The van der Waals surface area contributed by atoms with Crippen molar-refractivity contribution in [3.8, 4) is 0 Å². The smallest absolute Gasteiger partial charge is 0.312 e. The van der Waals surface area contributed by atoms with Crippen LogP contribution < -0.4 is 0 Å². The molecule has 3 rings (SSSR count). The number of hydrogen-bond acceptors (Lipinski definition) is 2. The van der Waals surface area contributed by atoms with Gasteiger partial charge in [-0.2, -0.15) is 0 Å². The average Bonchev–Trinajstić information content (AvgIpc) is 3.01. The molecule has 0 bridgehead atoms. The SMILES string of the molecule is Cc1ccc(C(=O)c2cc(Br)c3n2CCC3C(=O)O)cc1. The lowest BCUT2D eigenvalue weighted by atomic mass is 10.1. The van der Waals surface area contributed by atoms with Crippen molar-refractivity contribution in [2.75, 3.05) is 0 Å². The third-order valence-electron chi connectivity index (χ3n) is 3.91. The molecule has 108 valence electrons. The van der Waals surface area contributed by atoms with Crippen LogP contribution in [0.3, 0.4) is 0 Å². The van der Waals surface area contributed by atoms with Gasteiger partial charge >= 0.3 is 5.97 Å². The molecular formula is C16H14BrNO3. The number of carbonyl (C=O) groups excluding carboxylic acids is 1. The van der Waals surface area contributed by atoms with E-state index in [4.69, 9.17) is 0 Å². The monoisotopic (exact) mass is 347 g/mol. The van der Waals surface area contributed by atoms with Gasteiger partial charge in [0.05, 0.1) is 11.6 Å². The minimum absolute atomic E-state index is 0.0759. The van der Waals surface area contributed by atoms with Crippen LogP contribution in [-0.4, -0.2) is 21.4 Å². The largest absolute Gasteiger partial charge is 0.481 e. The van der Waals surface area contributed by atoms with Crippen LogP contribution in [0.25, 0.3) is 0 Å². The Morgan fingerprint density at radius 2 is 1.95 bits per heavy atom. The molecule has 0 aliphatic carbocycles. The van der Waals surface area contributed by atoms with E-state index in [2.05, 4.69) is 15.9 Å². The van der Waals surface area contributed by atoms with Crippen LogP contribution in [0.15, 0.2) is 34.8 Å². The van der Waals surface area contributed by atoms with Crippen molar-refractivity contribution in [3.63, 3.8) is 0 Å². The summed E-state index contributed by atoms with van der Waals surface area (Å²) in [4.78, 5) is 23.9. The van der Waals surface area contributed by atoms with Crippen molar-refractivity contribution >= 4 is 27.7 Å². The van der Waals surface area contributed by atoms with Crippen molar-refractivity contribution in [2.45, 2.75) is 25.8 Å². The second-order valence-corrected chi connectivity index (χ2v) is 6.14. The van der Waals surface area contributed by atoms with E-state index in [1.807, 2.05) is 23.6 Å². The summed E-state index contributed by atoms with van der Waals surface area (Å²) in [5.74, 6) is -1.46. The molecule has 5 heteroatoms. The molecule has 0 spiro atoms. The molecule has 2 aromatic rings. The van der Waals surface area contributed by atoms with E-state index in [1.54, 1.807) is 18.2 Å². The molecule has 4 nitrogen and oxygen atoms in total. The lowest BCUT2D eigenvalue weighted by molar-refractivity contribution is -0.138. The number of carboxylic acid groups (broad SMARTS) is 1. The van der Waals surface area contributed by atoms with E-state index in [0.29, 0.717) is 34.4 Å². The van der Waals surface area contributed by atoms with Gasteiger partial charge in [0.1, 0.15) is 0 Å². The number of nitrogens with zero attached hydrogens (tertiary/aromatic N) is 1. The number of carboxylic acids is 1. The number of aliphatic carboxylic acids is 1. The van der Waals surface area contributed by atoms with Crippen LogP contribution in [0.5, 0.6) is 0 Å². The molecule has 1 aromatic heterocycles. The maximum atomic E-state index is 12.6. The number of carbonyl (C=O) groups is 2. The number of hydrogen-bond donors (Lipinski definition) is 1. The first-order chi connectivity index (χ1) is 9.99. The van der Waals surface area contributed by atoms with Crippen molar-refractivity contribution in [1.82, 2.24) is 4.57 Å². The normalized spacial score (nSPS) is 16.8. The number of aromatic nitrogens is 1. The Morgan fingerprint density at radius 1 is 1.29 bits per heavy atom. The minimum atomic E-state index is -0.845. The highest BCUT2D eigenvalue weighted by Crippen LogP contribution is 2.37. The first kappa shape index (κ1) is 14.1. The molecular weight excluding hydrogens is 334 g/mol. The molecule has 0 saturated carbocycles. The van der Waals surface area contributed by atoms with Crippen molar-refractivity contribution in [2.24, 2.45) is 0 Å². The van der Waals surface area contributed by atoms with Crippen LogP contribution in [0, 0.1) is 6.92 Å². The first-order valence-electron chi connectivity index (χ1n) is 6.72. The molecule has 1 aliphatic heterocycles. The summed E-state index contributed by atoms with van der Waals surface area (Å²) in [7, 11) is 0. The van der Waals surface area contributed by atoms with E-state index < -0.39 is 11.9 Å². The van der Waals surface area contributed by atoms with E-state index in [1.165, 1.54) is 0 Å². The Morgan fingerprint density at radius 3 is 2.57 bits per heavy atom. The zero-order valence-corrected chi connectivity index (χ0v) is 13.1. The van der Waals surface area contributed by atoms with Gasteiger partial charge in [-0.3, -0.25) is 9.59 Å². The Kier molecular flexibility index (Phi) is 3.45. The fraction of sp³-hybridized carbons (Fsp3) is 0.250. The fourth-order valence-corrected chi connectivity index (χ4v) is 3.51. The van der Waals surface area contributed by atoms with Crippen molar-refractivity contribution < 1.29 is 14.7 Å². The van der Waals surface area contributed by atoms with Gasteiger partial charge in [0.25, 0.3) is 0 Å². The number of ketones is 1. The Labute approximate surface area is 130 Å². The average molecular weight is 348 g/mol. The molecule has 0 fully saturated rings. The summed E-state index contributed by atoms with van der Waals surface area (Å²) < 4.78 is 2.52. The fourth-order valence-electron chi connectivity index (χ4n) is 2.80. The third-order valence-corrected chi connectivity index (χ3v) is 4.54. The second-order valence-electron chi connectivity index (χ2n) is 5.29. The van der Waals surface area contributed by atoms with Gasteiger partial charge < -0.3 is 9.67 Å². The Hall–Kier alpha value is -1.88. The Balaban J connectivity index is 2.03. The lowest BCUT2D eigenvalue weighted by Crippen LogP contribution is -2.10. The van der Waals surface area contributed by atoms with E-state index in [0.717, 1.165) is 5.56 Å². The first-order valence-corrected chi connectivity index (χ1v) is 7.51. The lowest BCUT2D eigenvalue weighted by Gasteiger charge is -2.06. The zero-order valence-electron chi connectivity index (χ0n) is 11.5. The summed E-state index contributed by atoms with van der Waals surface area (Å²) >= 11 is 3.39. The van der Waals surface area contributed by atoms with Crippen LogP contribution in [0.4, 0.5) is 0 Å². The molecule has 0 amide bonds. The third kappa shape index (κ3) is 2.31. The molecule has 0 radical (unpaired) electrons. The predicted molar refractivity (Wildman–Crippen MR) is 81.7 cm³/mol. The molecule has 1 unspecified atom stereocenters. The van der Waals surface area contributed by atoms with Gasteiger partial charge in [-0.15, -0.1) is 0 Å². The molecule has 21 heavy (non-hydrogen) atoms. The number of benzene rings is 1. The van der Waals surface area contributed by atoms with Gasteiger partial charge in [0.2, 0.25) is 5.78 Å². The van der Waals surface area contributed by atoms with Gasteiger partial charge in [-0.25, -0.2) is 0 Å². The maximum Gasteiger partial charge on any atom is 0.312 e. The molecule has 2 heterocycles. The van der Waals surface area contributed by atoms with Crippen molar-refractivity contribution in [3.05, 3.63) is 57.3 Å². The maximum absolute atomic E-state index is 12.6. The zero-order chi connectivity index (χ0) is 15.1. The van der Waals surface area contributed by atoms with Crippen LogP contribution in [-0.2, 0) is 11.3 Å². The topological polar surface area (TPSA) is 59.3 Å². The van der Waals surface area contributed by atoms with Crippen molar-refractivity contribution in [1.29, 1.82) is 0 Å². The van der Waals surface area contributed by atoms with Crippen LogP contribution in [0.2, 0.25) is 0 Å². The van der Waals surface area contributed by atoms with Gasteiger partial charge in [0, 0.05) is 22.3 Å². The predicted octanol–water partition coefficient (Wildman–Crippen LogP) is 3.36. The quantitative estimate of drug-likeness (QED) is 0.866. The van der Waals surface area contributed by atoms with E-state index in [-0.39, 0.29) is 5.78 Å². The standard InChI is InChI=1S/C16H14BrNO3/c1-9-2-4-10(5-3-9)15(19)13-8-12(17)14-11(16(20)21)6-7-18(13)14/h2-5,8,11H,6-7H2,1H3,(H,20,21). The van der Waals surface area contributed by atoms with Crippen LogP contribution in [0.1, 0.15) is 39.6 Å². The summed E-state index contributed by atoms with van der Waals surface area (Å²) in [5, 5.41) is 9.26. The highest BCUT2D eigenvalue weighted by molar-refractivity contribution is 9.10. The highest BCUT2D eigenvalue weighted by atomic mass is 79.9. The van der Waals surface area contributed by atoms with Crippen LogP contribution >= 0.6 is 15.9 Å². The molecule has 1 aliphatic rings. The van der Waals surface area contributed by atoms with E-state index in [9.17, 15) is 14.7 Å². The summed E-state index contributed by atoms with van der Waals surface area (Å²) in [6.45, 7) is 2.53.